The zero-order valence-electron chi connectivity index (χ0n) is 24.8. The minimum absolute atomic E-state index is 0.146. The number of rotatable bonds is 10. The Morgan fingerprint density at radius 2 is 1.90 bits per heavy atom. The smallest absolute Gasteiger partial charge is 0.125 e. The van der Waals surface area contributed by atoms with E-state index in [0.717, 1.165) is 45.3 Å². The number of nitrogens with one attached hydrogen (secondary N) is 2. The van der Waals surface area contributed by atoms with Gasteiger partial charge in [-0.3, -0.25) is 5.41 Å². The molecule has 3 N–H and O–H groups in total. The number of aliphatic hydroxyl groups excluding tert-OH is 1. The minimum Gasteiger partial charge on any atom is -0.512 e. The third kappa shape index (κ3) is 8.07. The van der Waals surface area contributed by atoms with Crippen LogP contribution in [0.15, 0.2) is 64.5 Å². The molecule has 6 nitrogen and oxygen atoms in total. The molecule has 2 aromatic carbocycles. The van der Waals surface area contributed by atoms with Gasteiger partial charge in [0.1, 0.15) is 22.9 Å². The summed E-state index contributed by atoms with van der Waals surface area (Å²) in [4.78, 5) is 12.9. The largest absolute Gasteiger partial charge is 0.512 e. The van der Waals surface area contributed by atoms with Crippen molar-refractivity contribution < 1.29 is 5.11 Å². The number of likely N-dealkylation sites (tertiary alicyclic amines) is 1. The molecule has 1 fully saturated rings. The summed E-state index contributed by atoms with van der Waals surface area (Å²) in [5, 5.41) is 23.6. The molecule has 1 aliphatic heterocycles. The van der Waals surface area contributed by atoms with E-state index in [1.165, 1.54) is 62.5 Å². The normalized spacial score (nSPS) is 15.5. The Morgan fingerprint density at radius 1 is 1.12 bits per heavy atom. The number of hydrogen-bond acceptors (Lipinski definition) is 6. The van der Waals surface area contributed by atoms with E-state index in [4.69, 9.17) is 5.41 Å². The molecular formula is C33H45N5OS. The average Bonchev–Trinajstić information content (AvgIpc) is 2.93. The lowest BCUT2D eigenvalue weighted by Crippen LogP contribution is -2.34. The maximum Gasteiger partial charge on any atom is 0.125 e. The number of amidine groups is 1. The molecule has 1 saturated heterocycles. The fourth-order valence-corrected chi connectivity index (χ4v) is 6.14. The number of aryl methyl sites for hydroxylation is 2. The highest BCUT2D eigenvalue weighted by atomic mass is 32.2. The van der Waals surface area contributed by atoms with Crippen LogP contribution in [0.2, 0.25) is 0 Å². The first-order valence-electron chi connectivity index (χ1n) is 14.7. The Morgan fingerprint density at radius 3 is 2.60 bits per heavy atom. The van der Waals surface area contributed by atoms with E-state index in [2.05, 4.69) is 46.2 Å². The zero-order chi connectivity index (χ0) is 28.7. The van der Waals surface area contributed by atoms with Gasteiger partial charge in [0, 0.05) is 27.5 Å². The average molecular weight is 560 g/mol. The van der Waals surface area contributed by atoms with Crippen LogP contribution in [0.25, 0.3) is 10.9 Å². The molecule has 7 heteroatoms. The van der Waals surface area contributed by atoms with Crippen molar-refractivity contribution in [1.29, 1.82) is 5.41 Å². The van der Waals surface area contributed by atoms with Crippen LogP contribution in [0, 0.1) is 16.7 Å². The number of allylic oxidation sites excluding steroid dienone is 1. The van der Waals surface area contributed by atoms with Crippen molar-refractivity contribution in [3.05, 3.63) is 65.7 Å². The second-order valence-electron chi connectivity index (χ2n) is 11.9. The monoisotopic (exact) mass is 559 g/mol. The Kier molecular flexibility index (Phi) is 10.3. The molecule has 0 aliphatic carbocycles. The zero-order valence-corrected chi connectivity index (χ0v) is 25.6. The summed E-state index contributed by atoms with van der Waals surface area (Å²) in [7, 11) is 0. The Hall–Kier alpha value is -2.90. The second kappa shape index (κ2) is 13.6. The third-order valence-corrected chi connectivity index (χ3v) is 8.89. The van der Waals surface area contributed by atoms with Crippen LogP contribution < -0.4 is 5.32 Å². The molecule has 3 aromatic rings. The van der Waals surface area contributed by atoms with E-state index in [9.17, 15) is 5.11 Å². The lowest BCUT2D eigenvalue weighted by molar-refractivity contribution is 0.180. The van der Waals surface area contributed by atoms with Gasteiger partial charge in [-0.15, -0.1) is 0 Å². The molecule has 2 heterocycles. The summed E-state index contributed by atoms with van der Waals surface area (Å²) in [6, 6.07) is 12.5. The van der Waals surface area contributed by atoms with Crippen molar-refractivity contribution in [3.63, 3.8) is 0 Å². The van der Waals surface area contributed by atoms with Gasteiger partial charge in [0.05, 0.1) is 5.52 Å². The van der Waals surface area contributed by atoms with Crippen molar-refractivity contribution in [2.24, 2.45) is 11.3 Å². The maximum atomic E-state index is 10.2. The molecular weight excluding hydrogens is 514 g/mol. The summed E-state index contributed by atoms with van der Waals surface area (Å²) in [6.07, 6.45) is 10.4. The predicted molar refractivity (Wildman–Crippen MR) is 169 cm³/mol. The lowest BCUT2D eigenvalue weighted by Gasteiger charge is -2.31. The van der Waals surface area contributed by atoms with Crippen LogP contribution in [-0.2, 0) is 12.8 Å². The molecule has 1 aliphatic rings. The first-order valence-corrected chi connectivity index (χ1v) is 15.5. The van der Waals surface area contributed by atoms with Gasteiger partial charge in [-0.25, -0.2) is 9.97 Å². The number of fused-ring (bicyclic) bond motifs is 1. The number of anilines is 1. The van der Waals surface area contributed by atoms with Gasteiger partial charge >= 0.3 is 0 Å². The van der Waals surface area contributed by atoms with Crippen LogP contribution >= 0.6 is 11.8 Å². The molecule has 0 bridgehead atoms. The summed E-state index contributed by atoms with van der Waals surface area (Å²) < 4.78 is 0. The van der Waals surface area contributed by atoms with Gasteiger partial charge in [0.2, 0.25) is 0 Å². The van der Waals surface area contributed by atoms with Crippen molar-refractivity contribution in [2.45, 2.75) is 83.1 Å². The van der Waals surface area contributed by atoms with Crippen molar-refractivity contribution >= 4 is 34.2 Å². The van der Waals surface area contributed by atoms with Crippen molar-refractivity contribution in [3.8, 4) is 0 Å². The fourth-order valence-electron chi connectivity index (χ4n) is 5.22. The Bertz CT molecular complexity index is 1340. The van der Waals surface area contributed by atoms with Gasteiger partial charge in [-0.1, -0.05) is 58.9 Å². The van der Waals surface area contributed by atoms with Crippen LogP contribution in [0.3, 0.4) is 0 Å². The highest BCUT2D eigenvalue weighted by Crippen LogP contribution is 2.34. The third-order valence-electron chi connectivity index (χ3n) is 7.88. The van der Waals surface area contributed by atoms with Crippen molar-refractivity contribution in [1.82, 2.24) is 14.9 Å². The highest BCUT2D eigenvalue weighted by Gasteiger charge is 2.18. The molecule has 0 atom stereocenters. The summed E-state index contributed by atoms with van der Waals surface area (Å²) >= 11 is 1.61. The van der Waals surface area contributed by atoms with E-state index in [-0.39, 0.29) is 11.6 Å². The van der Waals surface area contributed by atoms with Crippen LogP contribution in [0.5, 0.6) is 0 Å². The van der Waals surface area contributed by atoms with E-state index >= 15 is 0 Å². The Balaban J connectivity index is 1.45. The number of nitrogens with zero attached hydrogens (tertiary/aromatic N) is 3. The molecule has 1 aromatic heterocycles. The number of hydrogen-bond donors (Lipinski definition) is 3. The van der Waals surface area contributed by atoms with E-state index in [1.54, 1.807) is 18.1 Å². The summed E-state index contributed by atoms with van der Waals surface area (Å²) in [6.45, 7) is 14.0. The van der Waals surface area contributed by atoms with Crippen LogP contribution in [0.1, 0.15) is 71.4 Å². The van der Waals surface area contributed by atoms with Gasteiger partial charge in [0.15, 0.2) is 0 Å². The quantitative estimate of drug-likeness (QED) is 0.100. The molecule has 0 amide bonds. The van der Waals surface area contributed by atoms with Crippen LogP contribution in [0.4, 0.5) is 5.69 Å². The van der Waals surface area contributed by atoms with Gasteiger partial charge in [0.25, 0.3) is 0 Å². The highest BCUT2D eigenvalue weighted by molar-refractivity contribution is 7.99. The van der Waals surface area contributed by atoms with Crippen LogP contribution in [-0.4, -0.2) is 45.4 Å². The first kappa shape index (κ1) is 30.1. The SMILES string of the molecule is CCc1cc2c(Sc3cccc(NC(=N)/C=C(\O)C(C)(C)C)c3)ncnc2cc1CCCN1CCC(CC)CC1. The topological polar surface area (TPSA) is 85.1 Å². The molecule has 4 rings (SSSR count). The maximum absolute atomic E-state index is 10.2. The molecule has 0 radical (unpaired) electrons. The molecule has 214 valence electrons. The first-order chi connectivity index (χ1) is 19.2. The molecule has 0 spiro atoms. The van der Waals surface area contributed by atoms with Gasteiger partial charge < -0.3 is 15.3 Å². The molecule has 0 unspecified atom stereocenters. The minimum atomic E-state index is -0.400. The number of piperidine rings is 1. The fraction of sp³-hybridized carbons (Fsp3) is 0.485. The Labute approximate surface area is 244 Å². The van der Waals surface area contributed by atoms with E-state index in [0.29, 0.717) is 0 Å². The number of aliphatic hydroxyl groups is 1. The summed E-state index contributed by atoms with van der Waals surface area (Å²) in [5.41, 5.74) is 4.17. The molecule has 0 saturated carbocycles. The second-order valence-corrected chi connectivity index (χ2v) is 13.0. The standard InChI is InChI=1S/C33H45N5OS/c1-6-23-13-16-38(17-14-23)15-9-10-25-19-29-28(18-24(25)7-2)32(36-22-35-29)40-27-12-8-11-26(20-27)37-31(34)21-30(39)33(3,4)5/h8,11-12,18-23,39H,6-7,9-10,13-17H2,1-5H3,(H2,34,37)/b30-21-. The van der Waals surface area contributed by atoms with E-state index < -0.39 is 5.41 Å². The van der Waals surface area contributed by atoms with Gasteiger partial charge in [-0.2, -0.15) is 0 Å². The van der Waals surface area contributed by atoms with E-state index in [1.807, 2.05) is 45.0 Å². The lowest BCUT2D eigenvalue weighted by atomic mass is 9.93. The number of benzene rings is 2. The van der Waals surface area contributed by atoms with Crippen molar-refractivity contribution in [2.75, 3.05) is 25.0 Å². The predicted octanol–water partition coefficient (Wildman–Crippen LogP) is 8.28. The number of aromatic nitrogens is 2. The van der Waals surface area contributed by atoms with Gasteiger partial charge in [-0.05, 0) is 99.1 Å². The summed E-state index contributed by atoms with van der Waals surface area (Å²) in [5.74, 6) is 1.24. The molecule has 40 heavy (non-hydrogen) atoms.